The molecule has 4 rings (SSSR count). The van der Waals surface area contributed by atoms with Gasteiger partial charge in [-0.3, -0.25) is 0 Å². The van der Waals surface area contributed by atoms with Gasteiger partial charge in [-0.15, -0.1) is 0 Å². The number of ether oxygens (including phenoxy) is 2. The van der Waals surface area contributed by atoms with E-state index in [1.54, 1.807) is 26.3 Å². The highest BCUT2D eigenvalue weighted by molar-refractivity contribution is 5.87. The Morgan fingerprint density at radius 3 is 2.86 bits per heavy atom. The lowest BCUT2D eigenvalue weighted by molar-refractivity contribution is 0.0519. The first-order valence-corrected chi connectivity index (χ1v) is 9.92. The number of carbonyl (C=O) groups is 1. The van der Waals surface area contributed by atoms with Gasteiger partial charge in [0.25, 0.3) is 0 Å². The van der Waals surface area contributed by atoms with Crippen molar-refractivity contribution in [3.63, 3.8) is 0 Å². The summed E-state index contributed by atoms with van der Waals surface area (Å²) in [5, 5.41) is 0. The van der Waals surface area contributed by atoms with Crippen molar-refractivity contribution < 1.29 is 18.7 Å². The Kier molecular flexibility index (Phi) is 5.62. The highest BCUT2D eigenvalue weighted by atomic mass is 19.1. The normalized spacial score (nSPS) is 18.7. The second kappa shape index (κ2) is 8.32. The van der Waals surface area contributed by atoms with Crippen molar-refractivity contribution in [2.45, 2.75) is 32.4 Å². The molecule has 154 valence electrons. The average Bonchev–Trinajstić information content (AvgIpc) is 3.22. The minimum absolute atomic E-state index is 0.177. The molecule has 0 saturated carbocycles. The van der Waals surface area contributed by atoms with Crippen LogP contribution in [0.25, 0.3) is 0 Å². The van der Waals surface area contributed by atoms with Crippen LogP contribution in [-0.2, 0) is 22.4 Å². The quantitative estimate of drug-likeness (QED) is 0.564. The van der Waals surface area contributed by atoms with Crippen molar-refractivity contribution >= 4 is 17.5 Å². The van der Waals surface area contributed by atoms with Gasteiger partial charge in [-0.1, -0.05) is 0 Å². The maximum absolute atomic E-state index is 14.3. The summed E-state index contributed by atoms with van der Waals surface area (Å²) in [7, 11) is 1.71. The van der Waals surface area contributed by atoms with Gasteiger partial charge >= 0.3 is 5.97 Å². The van der Waals surface area contributed by atoms with E-state index in [0.717, 1.165) is 42.7 Å². The van der Waals surface area contributed by atoms with Crippen LogP contribution in [0.5, 0.6) is 0 Å². The number of aromatic nitrogens is 2. The van der Waals surface area contributed by atoms with Gasteiger partial charge < -0.3 is 19.3 Å². The molecule has 2 aliphatic heterocycles. The molecule has 1 saturated heterocycles. The SMILES string of the molecule is CCOC(=O)c1cc2c(cn1)CN(c1cc(N3CCC(OC)C3)cc(F)n1)CC2. The molecule has 1 fully saturated rings. The minimum Gasteiger partial charge on any atom is -0.461 e. The van der Waals surface area contributed by atoms with Crippen LogP contribution in [0.3, 0.4) is 0 Å². The zero-order valence-electron chi connectivity index (χ0n) is 16.7. The monoisotopic (exact) mass is 400 g/mol. The molecule has 0 N–H and O–H groups in total. The Labute approximate surface area is 169 Å². The molecule has 1 atom stereocenters. The Morgan fingerprint density at radius 1 is 1.24 bits per heavy atom. The maximum Gasteiger partial charge on any atom is 0.356 e. The molecule has 2 aromatic rings. The van der Waals surface area contributed by atoms with E-state index in [4.69, 9.17) is 9.47 Å². The van der Waals surface area contributed by atoms with Crippen molar-refractivity contribution in [3.8, 4) is 0 Å². The number of methoxy groups -OCH3 is 1. The zero-order chi connectivity index (χ0) is 20.4. The number of anilines is 2. The van der Waals surface area contributed by atoms with E-state index in [9.17, 15) is 9.18 Å². The van der Waals surface area contributed by atoms with Gasteiger partial charge in [-0.25, -0.2) is 14.8 Å². The number of halogens is 1. The topological polar surface area (TPSA) is 67.8 Å². The summed E-state index contributed by atoms with van der Waals surface area (Å²) < 4.78 is 24.7. The lowest BCUT2D eigenvalue weighted by Gasteiger charge is -2.30. The Balaban J connectivity index is 1.53. The number of fused-ring (bicyclic) bond motifs is 1. The third-order valence-electron chi connectivity index (χ3n) is 5.51. The van der Waals surface area contributed by atoms with E-state index in [1.165, 1.54) is 6.07 Å². The number of esters is 1. The number of nitrogens with zero attached hydrogens (tertiary/aromatic N) is 4. The molecule has 29 heavy (non-hydrogen) atoms. The molecule has 4 heterocycles. The minimum atomic E-state index is -0.486. The fourth-order valence-corrected chi connectivity index (χ4v) is 3.92. The van der Waals surface area contributed by atoms with E-state index in [0.29, 0.717) is 31.2 Å². The van der Waals surface area contributed by atoms with Crippen molar-refractivity contribution in [3.05, 3.63) is 47.2 Å². The van der Waals surface area contributed by atoms with Crippen LogP contribution in [-0.4, -0.2) is 55.4 Å². The maximum atomic E-state index is 14.3. The average molecular weight is 400 g/mol. The van der Waals surface area contributed by atoms with E-state index >= 15 is 0 Å². The molecule has 0 aliphatic carbocycles. The van der Waals surface area contributed by atoms with Crippen molar-refractivity contribution in [1.82, 2.24) is 9.97 Å². The third kappa shape index (κ3) is 4.17. The van der Waals surface area contributed by atoms with E-state index in [1.807, 2.05) is 11.0 Å². The first-order chi connectivity index (χ1) is 14.1. The molecule has 0 spiro atoms. The predicted molar refractivity (Wildman–Crippen MR) is 107 cm³/mol. The Morgan fingerprint density at radius 2 is 2.10 bits per heavy atom. The van der Waals surface area contributed by atoms with Crippen LogP contribution in [0.1, 0.15) is 35.0 Å². The van der Waals surface area contributed by atoms with Crippen molar-refractivity contribution in [1.29, 1.82) is 0 Å². The molecule has 2 aromatic heterocycles. The summed E-state index contributed by atoms with van der Waals surface area (Å²) in [5.74, 6) is -0.282. The number of carbonyl (C=O) groups excluding carboxylic acids is 1. The Bertz CT molecular complexity index is 907. The van der Waals surface area contributed by atoms with Gasteiger partial charge in [0, 0.05) is 57.3 Å². The number of rotatable bonds is 5. The second-order valence-electron chi connectivity index (χ2n) is 7.33. The first-order valence-electron chi connectivity index (χ1n) is 9.92. The van der Waals surface area contributed by atoms with Gasteiger partial charge in [-0.05, 0) is 37.0 Å². The molecule has 1 unspecified atom stereocenters. The number of hydrogen-bond donors (Lipinski definition) is 0. The van der Waals surface area contributed by atoms with Crippen LogP contribution < -0.4 is 9.80 Å². The third-order valence-corrected chi connectivity index (χ3v) is 5.51. The zero-order valence-corrected chi connectivity index (χ0v) is 16.7. The van der Waals surface area contributed by atoms with E-state index in [-0.39, 0.29) is 6.10 Å². The fraction of sp³-hybridized carbons (Fsp3) is 0.476. The molecule has 0 radical (unpaired) electrons. The molecule has 0 bridgehead atoms. The molecule has 8 heteroatoms. The number of pyridine rings is 2. The van der Waals surface area contributed by atoms with Crippen molar-refractivity contribution in [2.75, 3.05) is 43.2 Å². The smallest absolute Gasteiger partial charge is 0.356 e. The summed E-state index contributed by atoms with van der Waals surface area (Å²) in [4.78, 5) is 24.4. The van der Waals surface area contributed by atoms with Gasteiger partial charge in [0.05, 0.1) is 12.7 Å². The van der Waals surface area contributed by atoms with Gasteiger partial charge in [0.15, 0.2) is 0 Å². The molecular weight excluding hydrogens is 375 g/mol. The van der Waals surface area contributed by atoms with Crippen LogP contribution in [0, 0.1) is 5.95 Å². The van der Waals surface area contributed by atoms with Crippen LogP contribution in [0.2, 0.25) is 0 Å². The molecule has 2 aliphatic rings. The van der Waals surface area contributed by atoms with Crippen LogP contribution >= 0.6 is 0 Å². The summed E-state index contributed by atoms with van der Waals surface area (Å²) in [5.41, 5.74) is 3.23. The molecule has 0 aromatic carbocycles. The fourth-order valence-electron chi connectivity index (χ4n) is 3.92. The largest absolute Gasteiger partial charge is 0.461 e. The summed E-state index contributed by atoms with van der Waals surface area (Å²) in [6.07, 6.45) is 3.54. The molecule has 0 amide bonds. The van der Waals surface area contributed by atoms with Crippen LogP contribution in [0.15, 0.2) is 24.4 Å². The predicted octanol–water partition coefficient (Wildman–Crippen LogP) is 2.58. The second-order valence-corrected chi connectivity index (χ2v) is 7.33. The van der Waals surface area contributed by atoms with E-state index in [2.05, 4.69) is 14.9 Å². The summed E-state index contributed by atoms with van der Waals surface area (Å²) in [6, 6.07) is 5.21. The summed E-state index contributed by atoms with van der Waals surface area (Å²) >= 11 is 0. The van der Waals surface area contributed by atoms with Gasteiger partial charge in [-0.2, -0.15) is 4.39 Å². The summed E-state index contributed by atoms with van der Waals surface area (Å²) in [6.45, 7) is 4.94. The van der Waals surface area contributed by atoms with E-state index < -0.39 is 11.9 Å². The van der Waals surface area contributed by atoms with Gasteiger partial charge in [0.2, 0.25) is 5.95 Å². The lowest BCUT2D eigenvalue weighted by atomic mass is 10.0. The Hall–Kier alpha value is -2.74. The van der Waals surface area contributed by atoms with Crippen molar-refractivity contribution in [2.24, 2.45) is 0 Å². The van der Waals surface area contributed by atoms with Crippen LogP contribution in [0.4, 0.5) is 15.9 Å². The number of hydrogen-bond acceptors (Lipinski definition) is 7. The highest BCUT2D eigenvalue weighted by Gasteiger charge is 2.25. The lowest BCUT2D eigenvalue weighted by Crippen LogP contribution is -2.32. The highest BCUT2D eigenvalue weighted by Crippen LogP contribution is 2.29. The van der Waals surface area contributed by atoms with Gasteiger partial charge in [0.1, 0.15) is 11.5 Å². The first kappa shape index (κ1) is 19.6. The standard InChI is InChI=1S/C21H25FN4O3/c1-3-29-21(27)18-8-14-4-6-26(12-15(14)11-23-18)20-10-16(9-19(22)24-20)25-7-5-17(13-25)28-2/h8-11,17H,3-7,12-13H2,1-2H3. The molecular formula is C21H25FN4O3. The molecule has 7 nitrogen and oxygen atoms in total.